The molecule has 0 aromatic heterocycles. The number of hydrogen-bond donors (Lipinski definition) is 1. The quantitative estimate of drug-likeness (QED) is 0.647. The number of nitrogens with zero attached hydrogens (tertiary/aromatic N) is 1. The van der Waals surface area contributed by atoms with Crippen molar-refractivity contribution in [1.29, 1.82) is 0 Å². The number of anilines is 1. The van der Waals surface area contributed by atoms with Gasteiger partial charge in [0.15, 0.2) is 0 Å². The second kappa shape index (κ2) is 9.23. The van der Waals surface area contributed by atoms with Gasteiger partial charge in [-0.2, -0.15) is 13.2 Å². The fourth-order valence-electron chi connectivity index (χ4n) is 2.38. The van der Waals surface area contributed by atoms with E-state index in [4.69, 9.17) is 16.3 Å². The van der Waals surface area contributed by atoms with E-state index >= 15 is 0 Å². The highest BCUT2D eigenvalue weighted by Gasteiger charge is 2.31. The van der Waals surface area contributed by atoms with E-state index in [1.807, 2.05) is 6.92 Å². The zero-order valence-corrected chi connectivity index (χ0v) is 18.0. The van der Waals surface area contributed by atoms with Crippen molar-refractivity contribution in [2.45, 2.75) is 24.4 Å². The van der Waals surface area contributed by atoms with Crippen LogP contribution in [0.1, 0.15) is 29.3 Å². The smallest absolute Gasteiger partial charge is 0.416 e. The largest absolute Gasteiger partial charge is 0.491 e. The molecule has 0 atom stereocenters. The number of benzene rings is 2. The van der Waals surface area contributed by atoms with Gasteiger partial charge in [-0.25, -0.2) is 12.7 Å². The van der Waals surface area contributed by atoms with E-state index in [9.17, 15) is 26.4 Å². The number of sulfonamides is 1. The molecule has 0 unspecified atom stereocenters. The summed E-state index contributed by atoms with van der Waals surface area (Å²) in [6.07, 6.45) is -4.01. The minimum Gasteiger partial charge on any atom is -0.491 e. The molecule has 0 fully saturated rings. The average Bonchev–Trinajstić information content (AvgIpc) is 2.66. The first-order chi connectivity index (χ1) is 13.9. The van der Waals surface area contributed by atoms with Crippen LogP contribution in [0.5, 0.6) is 5.75 Å². The van der Waals surface area contributed by atoms with Crippen LogP contribution in [-0.2, 0) is 16.2 Å². The van der Waals surface area contributed by atoms with Gasteiger partial charge in [0.1, 0.15) is 10.6 Å². The second-order valence-corrected chi connectivity index (χ2v) is 8.97. The Kier molecular flexibility index (Phi) is 7.38. The number of nitrogens with one attached hydrogen (secondary N) is 1. The Morgan fingerprint density at radius 2 is 1.83 bits per heavy atom. The van der Waals surface area contributed by atoms with Crippen LogP contribution in [0.4, 0.5) is 18.9 Å². The average molecular weight is 465 g/mol. The number of alkyl halides is 3. The molecule has 2 aromatic rings. The first kappa shape index (κ1) is 24.0. The molecule has 0 aliphatic carbocycles. The summed E-state index contributed by atoms with van der Waals surface area (Å²) in [5.74, 6) is -0.754. The topological polar surface area (TPSA) is 75.7 Å². The lowest BCUT2D eigenvalue weighted by molar-refractivity contribution is -0.137. The van der Waals surface area contributed by atoms with E-state index in [-0.39, 0.29) is 33.5 Å². The maximum absolute atomic E-state index is 13.1. The number of carbonyl (C=O) groups is 1. The summed E-state index contributed by atoms with van der Waals surface area (Å²) in [6, 6.07) is 6.30. The van der Waals surface area contributed by atoms with Gasteiger partial charge in [0.25, 0.3) is 5.91 Å². The third kappa shape index (κ3) is 5.44. The molecule has 0 aliphatic rings. The van der Waals surface area contributed by atoms with Gasteiger partial charge in [-0.05, 0) is 42.8 Å². The van der Waals surface area contributed by atoms with Crippen molar-refractivity contribution in [3.63, 3.8) is 0 Å². The molecule has 0 spiro atoms. The van der Waals surface area contributed by atoms with Crippen molar-refractivity contribution in [3.05, 3.63) is 52.5 Å². The standard InChI is InChI=1S/C19H20ClF3N2O4S/c1-4-9-29-16-8-6-13(19(21,22)23)11-15(16)24-18(26)12-5-7-14(20)17(10-12)30(27,28)25(2)3/h5-8,10-11H,4,9H2,1-3H3,(H,24,26). The molecule has 11 heteroatoms. The summed E-state index contributed by atoms with van der Waals surface area (Å²) in [4.78, 5) is 12.4. The summed E-state index contributed by atoms with van der Waals surface area (Å²) >= 11 is 5.96. The predicted molar refractivity (Wildman–Crippen MR) is 108 cm³/mol. The number of ether oxygens (including phenoxy) is 1. The summed E-state index contributed by atoms with van der Waals surface area (Å²) in [5, 5.41) is 2.27. The molecule has 2 aromatic carbocycles. The molecular formula is C19H20ClF3N2O4S. The van der Waals surface area contributed by atoms with Crippen LogP contribution < -0.4 is 10.1 Å². The van der Waals surface area contributed by atoms with Crippen LogP contribution in [-0.4, -0.2) is 39.3 Å². The molecule has 2 rings (SSSR count). The minimum atomic E-state index is -4.62. The van der Waals surface area contributed by atoms with Crippen LogP contribution >= 0.6 is 11.6 Å². The molecule has 0 bridgehead atoms. The molecule has 0 saturated heterocycles. The highest BCUT2D eigenvalue weighted by molar-refractivity contribution is 7.89. The number of hydrogen-bond acceptors (Lipinski definition) is 4. The van der Waals surface area contributed by atoms with E-state index in [1.54, 1.807) is 0 Å². The van der Waals surface area contributed by atoms with Crippen molar-refractivity contribution >= 4 is 33.2 Å². The Labute approximate surface area is 177 Å². The predicted octanol–water partition coefficient (Wildman–Crippen LogP) is 4.65. The first-order valence-corrected chi connectivity index (χ1v) is 10.6. The van der Waals surface area contributed by atoms with E-state index in [0.717, 1.165) is 28.6 Å². The summed E-state index contributed by atoms with van der Waals surface area (Å²) in [5.41, 5.74) is -1.25. The van der Waals surface area contributed by atoms with Crippen molar-refractivity contribution in [3.8, 4) is 5.75 Å². The maximum atomic E-state index is 13.1. The van der Waals surface area contributed by atoms with Crippen LogP contribution in [0.15, 0.2) is 41.3 Å². The molecule has 1 amide bonds. The van der Waals surface area contributed by atoms with Gasteiger partial charge in [0.2, 0.25) is 10.0 Å². The van der Waals surface area contributed by atoms with E-state index in [2.05, 4.69) is 5.32 Å². The first-order valence-electron chi connectivity index (χ1n) is 8.75. The Morgan fingerprint density at radius 3 is 2.40 bits per heavy atom. The van der Waals surface area contributed by atoms with Crippen LogP contribution in [0.25, 0.3) is 0 Å². The fourth-order valence-corrected chi connectivity index (χ4v) is 3.77. The van der Waals surface area contributed by atoms with Crippen molar-refractivity contribution < 1.29 is 31.1 Å². The molecular weight excluding hydrogens is 445 g/mol. The molecule has 164 valence electrons. The third-order valence-electron chi connectivity index (χ3n) is 3.97. The third-order valence-corrected chi connectivity index (χ3v) is 6.27. The molecule has 0 aliphatic heterocycles. The number of halogens is 4. The number of amides is 1. The zero-order valence-electron chi connectivity index (χ0n) is 16.4. The maximum Gasteiger partial charge on any atom is 0.416 e. The Bertz CT molecular complexity index is 1040. The second-order valence-electron chi connectivity index (χ2n) is 6.44. The Hall–Kier alpha value is -2.30. The van der Waals surface area contributed by atoms with Gasteiger partial charge in [0, 0.05) is 19.7 Å². The van der Waals surface area contributed by atoms with Gasteiger partial charge in [0.05, 0.1) is 22.9 Å². The Morgan fingerprint density at radius 1 is 1.17 bits per heavy atom. The molecule has 0 saturated carbocycles. The number of carbonyl (C=O) groups excluding carboxylic acids is 1. The van der Waals surface area contributed by atoms with Crippen molar-refractivity contribution in [1.82, 2.24) is 4.31 Å². The molecule has 6 nitrogen and oxygen atoms in total. The van der Waals surface area contributed by atoms with E-state index < -0.39 is 27.7 Å². The summed E-state index contributed by atoms with van der Waals surface area (Å²) in [7, 11) is -1.33. The van der Waals surface area contributed by atoms with Crippen molar-refractivity contribution in [2.24, 2.45) is 0 Å². The van der Waals surface area contributed by atoms with Gasteiger partial charge >= 0.3 is 6.18 Å². The van der Waals surface area contributed by atoms with Gasteiger partial charge in [-0.3, -0.25) is 4.79 Å². The molecule has 0 heterocycles. The van der Waals surface area contributed by atoms with Gasteiger partial charge in [-0.15, -0.1) is 0 Å². The molecule has 1 N–H and O–H groups in total. The SMILES string of the molecule is CCCOc1ccc(C(F)(F)F)cc1NC(=O)c1ccc(Cl)c(S(=O)(=O)N(C)C)c1. The molecule has 30 heavy (non-hydrogen) atoms. The zero-order chi connectivity index (χ0) is 22.7. The Balaban J connectivity index is 2.44. The van der Waals surface area contributed by atoms with Gasteiger partial charge in [-0.1, -0.05) is 18.5 Å². The van der Waals surface area contributed by atoms with E-state index in [0.29, 0.717) is 6.42 Å². The lowest BCUT2D eigenvalue weighted by atomic mass is 10.1. The summed E-state index contributed by atoms with van der Waals surface area (Å²) < 4.78 is 70.3. The van der Waals surface area contributed by atoms with Crippen LogP contribution in [0.3, 0.4) is 0 Å². The summed E-state index contributed by atoms with van der Waals surface area (Å²) in [6.45, 7) is 2.06. The number of rotatable bonds is 7. The van der Waals surface area contributed by atoms with E-state index in [1.165, 1.54) is 26.2 Å². The lowest BCUT2D eigenvalue weighted by Crippen LogP contribution is -2.23. The normalized spacial score (nSPS) is 12.1. The van der Waals surface area contributed by atoms with Crippen molar-refractivity contribution in [2.75, 3.05) is 26.0 Å². The minimum absolute atomic E-state index is 0.0632. The highest BCUT2D eigenvalue weighted by Crippen LogP contribution is 2.35. The highest BCUT2D eigenvalue weighted by atomic mass is 35.5. The van der Waals surface area contributed by atoms with Crippen LogP contribution in [0.2, 0.25) is 5.02 Å². The lowest BCUT2D eigenvalue weighted by Gasteiger charge is -2.16. The molecule has 0 radical (unpaired) electrons. The monoisotopic (exact) mass is 464 g/mol. The van der Waals surface area contributed by atoms with Crippen LogP contribution in [0, 0.1) is 0 Å². The fraction of sp³-hybridized carbons (Fsp3) is 0.316. The van der Waals surface area contributed by atoms with Gasteiger partial charge < -0.3 is 10.1 Å².